The van der Waals surface area contributed by atoms with E-state index < -0.39 is 17.7 Å². The van der Waals surface area contributed by atoms with Crippen molar-refractivity contribution in [2.45, 2.75) is 19.9 Å². The SMILES string of the molecule is CC(C)C(=O)C1=C(O)C(=O)N(c2nc3ccccc3[nH]2)C1c1cccs1. The van der Waals surface area contributed by atoms with E-state index in [-0.39, 0.29) is 17.3 Å². The molecule has 1 aliphatic heterocycles. The Bertz CT molecular complexity index is 1000. The van der Waals surface area contributed by atoms with Crippen LogP contribution in [-0.2, 0) is 9.59 Å². The molecule has 0 radical (unpaired) electrons. The van der Waals surface area contributed by atoms with Gasteiger partial charge in [-0.3, -0.25) is 14.5 Å². The summed E-state index contributed by atoms with van der Waals surface area (Å²) >= 11 is 1.43. The number of imidazole rings is 1. The summed E-state index contributed by atoms with van der Waals surface area (Å²) in [5.74, 6) is -1.38. The minimum absolute atomic E-state index is 0.132. The van der Waals surface area contributed by atoms with Crippen LogP contribution < -0.4 is 4.90 Å². The number of H-pyrrole nitrogens is 1. The summed E-state index contributed by atoms with van der Waals surface area (Å²) in [6, 6.07) is 10.5. The van der Waals surface area contributed by atoms with Crippen molar-refractivity contribution in [3.63, 3.8) is 0 Å². The molecule has 0 saturated heterocycles. The molecule has 0 spiro atoms. The van der Waals surface area contributed by atoms with Crippen LogP contribution in [0.15, 0.2) is 53.1 Å². The molecule has 4 rings (SSSR count). The van der Waals surface area contributed by atoms with Crippen LogP contribution in [0.3, 0.4) is 0 Å². The van der Waals surface area contributed by atoms with Crippen molar-refractivity contribution < 1.29 is 14.7 Å². The first-order valence-electron chi connectivity index (χ1n) is 8.28. The molecule has 0 bridgehead atoms. The van der Waals surface area contributed by atoms with Gasteiger partial charge in [-0.25, -0.2) is 4.98 Å². The number of nitrogens with zero attached hydrogens (tertiary/aromatic N) is 2. The number of para-hydroxylation sites is 2. The maximum absolute atomic E-state index is 12.8. The average Bonchev–Trinajstić information content (AvgIpc) is 3.33. The van der Waals surface area contributed by atoms with Crippen LogP contribution in [0.5, 0.6) is 0 Å². The summed E-state index contributed by atoms with van der Waals surface area (Å²) in [6.45, 7) is 3.50. The molecule has 1 atom stereocenters. The van der Waals surface area contributed by atoms with Crippen molar-refractivity contribution in [2.24, 2.45) is 5.92 Å². The van der Waals surface area contributed by atoms with Gasteiger partial charge in [-0.05, 0) is 23.6 Å². The fourth-order valence-electron chi connectivity index (χ4n) is 3.16. The van der Waals surface area contributed by atoms with E-state index in [1.165, 1.54) is 16.2 Å². The van der Waals surface area contributed by atoms with Crippen LogP contribution >= 0.6 is 11.3 Å². The molecule has 7 heteroatoms. The van der Waals surface area contributed by atoms with Gasteiger partial charge in [0.05, 0.1) is 16.6 Å². The van der Waals surface area contributed by atoms with Crippen molar-refractivity contribution in [2.75, 3.05) is 4.90 Å². The highest BCUT2D eigenvalue weighted by Gasteiger charge is 2.46. The van der Waals surface area contributed by atoms with Gasteiger partial charge in [0.2, 0.25) is 5.95 Å². The molecule has 2 aromatic heterocycles. The smallest absolute Gasteiger partial charge is 0.296 e. The van der Waals surface area contributed by atoms with E-state index in [9.17, 15) is 14.7 Å². The number of aliphatic hydroxyl groups excluding tert-OH is 1. The molecule has 6 nitrogen and oxygen atoms in total. The number of carbonyl (C=O) groups excluding carboxylic acids is 2. The van der Waals surface area contributed by atoms with Gasteiger partial charge in [-0.2, -0.15) is 0 Å². The van der Waals surface area contributed by atoms with Gasteiger partial charge >= 0.3 is 0 Å². The number of fused-ring (bicyclic) bond motifs is 1. The number of carbonyl (C=O) groups is 2. The first-order chi connectivity index (χ1) is 12.5. The highest BCUT2D eigenvalue weighted by molar-refractivity contribution is 7.10. The third-order valence-electron chi connectivity index (χ3n) is 4.42. The molecule has 3 heterocycles. The van der Waals surface area contributed by atoms with E-state index in [1.54, 1.807) is 13.8 Å². The van der Waals surface area contributed by atoms with Crippen molar-refractivity contribution in [3.8, 4) is 0 Å². The number of anilines is 1. The van der Waals surface area contributed by atoms with Crippen molar-refractivity contribution in [3.05, 3.63) is 58.0 Å². The minimum atomic E-state index is -0.682. The summed E-state index contributed by atoms with van der Waals surface area (Å²) in [4.78, 5) is 35.3. The maximum atomic E-state index is 12.8. The highest BCUT2D eigenvalue weighted by atomic mass is 32.1. The molecule has 0 saturated carbocycles. The number of aromatic amines is 1. The monoisotopic (exact) mass is 367 g/mol. The lowest BCUT2D eigenvalue weighted by Gasteiger charge is -2.23. The maximum Gasteiger partial charge on any atom is 0.296 e. The molecule has 26 heavy (non-hydrogen) atoms. The lowest BCUT2D eigenvalue weighted by atomic mass is 9.95. The van der Waals surface area contributed by atoms with E-state index in [2.05, 4.69) is 9.97 Å². The Morgan fingerprint density at radius 3 is 2.69 bits per heavy atom. The number of hydrogen-bond acceptors (Lipinski definition) is 5. The van der Waals surface area contributed by atoms with Gasteiger partial charge < -0.3 is 10.1 Å². The zero-order valence-electron chi connectivity index (χ0n) is 14.3. The lowest BCUT2D eigenvalue weighted by Crippen LogP contribution is -2.31. The summed E-state index contributed by atoms with van der Waals surface area (Å²) < 4.78 is 0. The fourth-order valence-corrected chi connectivity index (χ4v) is 3.98. The molecule has 0 fully saturated rings. The van der Waals surface area contributed by atoms with Gasteiger partial charge in [-0.1, -0.05) is 32.0 Å². The molecule has 132 valence electrons. The Hall–Kier alpha value is -2.93. The van der Waals surface area contributed by atoms with Crippen LogP contribution in [0.25, 0.3) is 11.0 Å². The quantitative estimate of drug-likeness (QED) is 0.735. The molecule has 3 aromatic rings. The minimum Gasteiger partial charge on any atom is -0.503 e. The van der Waals surface area contributed by atoms with Gasteiger partial charge in [0.25, 0.3) is 5.91 Å². The molecule has 1 amide bonds. The molecule has 1 unspecified atom stereocenters. The Morgan fingerprint density at radius 1 is 1.27 bits per heavy atom. The Balaban J connectivity index is 1.88. The standard InChI is InChI=1S/C19H17N3O3S/c1-10(2)16(23)14-15(13-8-5-9-26-13)22(18(25)17(14)24)19-20-11-6-3-4-7-12(11)21-19/h3-10,15,24H,1-2H3,(H,20,21). The van der Waals surface area contributed by atoms with E-state index in [0.717, 1.165) is 10.4 Å². The highest BCUT2D eigenvalue weighted by Crippen LogP contribution is 2.42. The van der Waals surface area contributed by atoms with E-state index in [1.807, 2.05) is 41.8 Å². The lowest BCUT2D eigenvalue weighted by molar-refractivity contribution is -0.119. The Kier molecular flexibility index (Phi) is 3.88. The second-order valence-electron chi connectivity index (χ2n) is 6.45. The average molecular weight is 367 g/mol. The normalized spacial score (nSPS) is 17.7. The van der Waals surface area contributed by atoms with Crippen molar-refractivity contribution in [1.29, 1.82) is 0 Å². The molecule has 0 aliphatic carbocycles. The number of aliphatic hydroxyl groups is 1. The molecule has 2 N–H and O–H groups in total. The third kappa shape index (κ3) is 2.43. The van der Waals surface area contributed by atoms with Gasteiger partial charge in [0.1, 0.15) is 6.04 Å². The number of thiophene rings is 1. The third-order valence-corrected chi connectivity index (χ3v) is 5.34. The summed E-state index contributed by atoms with van der Waals surface area (Å²) in [6.07, 6.45) is 0. The zero-order valence-corrected chi connectivity index (χ0v) is 15.1. The molecular formula is C19H17N3O3S. The number of aromatic nitrogens is 2. The first-order valence-corrected chi connectivity index (χ1v) is 9.16. The summed E-state index contributed by atoms with van der Waals surface area (Å²) in [7, 11) is 0. The number of Topliss-reactive ketones (excluding diaryl/α,β-unsaturated/α-hetero) is 1. The Labute approximate surface area is 153 Å². The van der Waals surface area contributed by atoms with Crippen LogP contribution in [-0.4, -0.2) is 26.8 Å². The van der Waals surface area contributed by atoms with Crippen LogP contribution in [0, 0.1) is 5.92 Å². The predicted octanol–water partition coefficient (Wildman–Crippen LogP) is 3.75. The number of hydrogen-bond donors (Lipinski definition) is 2. The van der Waals surface area contributed by atoms with Crippen molar-refractivity contribution in [1.82, 2.24) is 9.97 Å². The van der Waals surface area contributed by atoms with Crippen LogP contribution in [0.2, 0.25) is 0 Å². The van der Waals surface area contributed by atoms with E-state index in [4.69, 9.17) is 0 Å². The zero-order chi connectivity index (χ0) is 18.4. The molecular weight excluding hydrogens is 350 g/mol. The number of ketones is 1. The van der Waals surface area contributed by atoms with Crippen LogP contribution in [0.1, 0.15) is 24.8 Å². The fraction of sp³-hybridized carbons (Fsp3) is 0.211. The number of amides is 1. The number of nitrogens with one attached hydrogen (secondary N) is 1. The summed E-state index contributed by atoms with van der Waals surface area (Å²) in [5, 5.41) is 12.4. The largest absolute Gasteiger partial charge is 0.503 e. The van der Waals surface area contributed by atoms with Crippen LogP contribution in [0.4, 0.5) is 5.95 Å². The number of rotatable bonds is 4. The number of benzene rings is 1. The van der Waals surface area contributed by atoms with E-state index in [0.29, 0.717) is 11.5 Å². The first kappa shape index (κ1) is 16.5. The second kappa shape index (κ2) is 6.10. The van der Waals surface area contributed by atoms with Gasteiger partial charge in [-0.15, -0.1) is 11.3 Å². The van der Waals surface area contributed by atoms with Gasteiger partial charge in [0.15, 0.2) is 11.5 Å². The van der Waals surface area contributed by atoms with Crippen molar-refractivity contribution >= 4 is 40.0 Å². The van der Waals surface area contributed by atoms with E-state index >= 15 is 0 Å². The van der Waals surface area contributed by atoms with Gasteiger partial charge in [0, 0.05) is 10.8 Å². The predicted molar refractivity (Wildman–Crippen MR) is 100 cm³/mol. The second-order valence-corrected chi connectivity index (χ2v) is 7.43. The topological polar surface area (TPSA) is 86.3 Å². The molecule has 1 aromatic carbocycles. The summed E-state index contributed by atoms with van der Waals surface area (Å²) in [5.41, 5.74) is 1.62. The molecule has 1 aliphatic rings. The Morgan fingerprint density at radius 2 is 2.04 bits per heavy atom.